The second kappa shape index (κ2) is 14.1. The van der Waals surface area contributed by atoms with Crippen LogP contribution in [0.1, 0.15) is 27.8 Å². The quantitative estimate of drug-likeness (QED) is 0.129. The van der Waals surface area contributed by atoms with Gasteiger partial charge in [-0.3, -0.25) is 14.7 Å². The summed E-state index contributed by atoms with van der Waals surface area (Å²) in [4.78, 5) is 20.9. The van der Waals surface area contributed by atoms with Gasteiger partial charge < -0.3 is 9.47 Å². The summed E-state index contributed by atoms with van der Waals surface area (Å²) in [5.41, 5.74) is 4.73. The molecule has 1 aliphatic heterocycles. The molecule has 0 bridgehead atoms. The van der Waals surface area contributed by atoms with Crippen molar-refractivity contribution in [2.45, 2.75) is 26.1 Å². The van der Waals surface area contributed by atoms with Crippen LogP contribution in [0.15, 0.2) is 120 Å². The van der Waals surface area contributed by atoms with E-state index in [0.29, 0.717) is 52.7 Å². The average molecular weight is 595 g/mol. The SMILES string of the molecule is C=CCc1cc(/C=C2/SC(=NCc3ccccc3)N(Cc3ccccc3)C2=O)cc(OC)c1OCc1ccccc1Cl. The number of rotatable bonds is 11. The Kier molecular flexibility index (Phi) is 9.80. The number of amides is 1. The Bertz CT molecular complexity index is 1620. The molecule has 212 valence electrons. The molecular weight excluding hydrogens is 564 g/mol. The molecule has 0 spiro atoms. The first-order chi connectivity index (χ1) is 20.6. The Morgan fingerprint density at radius 2 is 1.62 bits per heavy atom. The number of halogens is 1. The molecule has 0 radical (unpaired) electrons. The summed E-state index contributed by atoms with van der Waals surface area (Å²) in [5.74, 6) is 1.11. The van der Waals surface area contributed by atoms with E-state index in [2.05, 4.69) is 6.58 Å². The van der Waals surface area contributed by atoms with E-state index in [0.717, 1.165) is 27.8 Å². The van der Waals surface area contributed by atoms with Gasteiger partial charge in [0, 0.05) is 16.1 Å². The lowest BCUT2D eigenvalue weighted by Crippen LogP contribution is -2.28. The number of allylic oxidation sites excluding steroid dienone is 1. The van der Waals surface area contributed by atoms with E-state index in [1.54, 1.807) is 12.0 Å². The number of hydrogen-bond acceptors (Lipinski definition) is 5. The number of carbonyl (C=O) groups excluding carboxylic acids is 1. The predicted octanol–water partition coefficient (Wildman–Crippen LogP) is 8.33. The highest BCUT2D eigenvalue weighted by Gasteiger charge is 2.33. The molecule has 4 aromatic rings. The van der Waals surface area contributed by atoms with Gasteiger partial charge in [0.25, 0.3) is 5.91 Å². The zero-order valence-corrected chi connectivity index (χ0v) is 24.9. The lowest BCUT2D eigenvalue weighted by atomic mass is 10.0. The third-order valence-corrected chi connectivity index (χ3v) is 8.09. The van der Waals surface area contributed by atoms with Crippen LogP contribution in [-0.4, -0.2) is 23.1 Å². The van der Waals surface area contributed by atoms with Crippen LogP contribution in [0.2, 0.25) is 5.02 Å². The van der Waals surface area contributed by atoms with Crippen molar-refractivity contribution in [2.75, 3.05) is 7.11 Å². The van der Waals surface area contributed by atoms with Crippen molar-refractivity contribution in [3.05, 3.63) is 147 Å². The number of benzene rings is 4. The number of nitrogens with zero attached hydrogens (tertiary/aromatic N) is 2. The van der Waals surface area contributed by atoms with Gasteiger partial charge in [-0.15, -0.1) is 6.58 Å². The maximum atomic E-state index is 13.7. The summed E-state index contributed by atoms with van der Waals surface area (Å²) >= 11 is 7.73. The van der Waals surface area contributed by atoms with Gasteiger partial charge in [-0.1, -0.05) is 96.5 Å². The number of methoxy groups -OCH3 is 1. The largest absolute Gasteiger partial charge is 0.493 e. The van der Waals surface area contributed by atoms with Crippen LogP contribution in [0.3, 0.4) is 0 Å². The average Bonchev–Trinajstić information content (AvgIpc) is 3.30. The third kappa shape index (κ3) is 7.14. The van der Waals surface area contributed by atoms with Gasteiger partial charge in [0.05, 0.1) is 25.1 Å². The van der Waals surface area contributed by atoms with E-state index in [4.69, 9.17) is 26.1 Å². The molecular formula is C35H31ClN2O3S. The Morgan fingerprint density at radius 1 is 0.929 bits per heavy atom. The topological polar surface area (TPSA) is 51.1 Å². The van der Waals surface area contributed by atoms with Gasteiger partial charge in [-0.2, -0.15) is 0 Å². The number of amidine groups is 1. The minimum Gasteiger partial charge on any atom is -0.493 e. The van der Waals surface area contributed by atoms with Crippen molar-refractivity contribution in [2.24, 2.45) is 4.99 Å². The minimum absolute atomic E-state index is 0.0843. The molecule has 1 saturated heterocycles. The molecule has 5 nitrogen and oxygen atoms in total. The third-order valence-electron chi connectivity index (χ3n) is 6.68. The highest BCUT2D eigenvalue weighted by atomic mass is 35.5. The number of carbonyl (C=O) groups is 1. The zero-order valence-electron chi connectivity index (χ0n) is 23.3. The minimum atomic E-state index is -0.0843. The monoisotopic (exact) mass is 594 g/mol. The fourth-order valence-electron chi connectivity index (χ4n) is 4.58. The fraction of sp³-hybridized carbons (Fsp3) is 0.143. The van der Waals surface area contributed by atoms with Crippen molar-refractivity contribution < 1.29 is 14.3 Å². The van der Waals surface area contributed by atoms with Crippen LogP contribution < -0.4 is 9.47 Å². The van der Waals surface area contributed by atoms with Crippen LogP contribution in [0.4, 0.5) is 0 Å². The smallest absolute Gasteiger partial charge is 0.267 e. The maximum absolute atomic E-state index is 13.7. The predicted molar refractivity (Wildman–Crippen MR) is 173 cm³/mol. The Balaban J connectivity index is 1.46. The second-order valence-corrected chi connectivity index (χ2v) is 11.1. The van der Waals surface area contributed by atoms with Crippen LogP contribution in [-0.2, 0) is 30.9 Å². The zero-order chi connectivity index (χ0) is 29.3. The molecule has 42 heavy (non-hydrogen) atoms. The molecule has 1 fully saturated rings. The molecule has 7 heteroatoms. The highest BCUT2D eigenvalue weighted by Crippen LogP contribution is 2.38. The Labute approximate surface area is 256 Å². The summed E-state index contributed by atoms with van der Waals surface area (Å²) in [6.45, 7) is 5.15. The van der Waals surface area contributed by atoms with E-state index >= 15 is 0 Å². The summed E-state index contributed by atoms with van der Waals surface area (Å²) < 4.78 is 12.0. The van der Waals surface area contributed by atoms with Crippen LogP contribution in [0.25, 0.3) is 6.08 Å². The summed E-state index contributed by atoms with van der Waals surface area (Å²) in [6, 6.07) is 31.5. The summed E-state index contributed by atoms with van der Waals surface area (Å²) in [7, 11) is 1.61. The van der Waals surface area contributed by atoms with Gasteiger partial charge in [-0.25, -0.2) is 0 Å². The van der Waals surface area contributed by atoms with Gasteiger partial charge in [0.15, 0.2) is 16.7 Å². The molecule has 0 saturated carbocycles. The standard InChI is InChI=1S/C35H31ClN2O3S/c1-3-12-28-19-27(20-31(40-2)33(28)41-24-29-17-10-11-18-30(29)36)21-32-34(39)38(23-26-15-8-5-9-16-26)35(42-32)37-22-25-13-6-4-7-14-25/h3-11,13-21H,1,12,22-24H2,2H3/b32-21+,37-35?. The van der Waals surface area contributed by atoms with E-state index < -0.39 is 0 Å². The molecule has 0 aromatic heterocycles. The molecule has 1 aliphatic rings. The molecule has 0 atom stereocenters. The summed E-state index contributed by atoms with van der Waals surface area (Å²) in [5, 5.41) is 1.32. The van der Waals surface area contributed by atoms with Gasteiger partial charge in [0.2, 0.25) is 0 Å². The first kappa shape index (κ1) is 29.2. The van der Waals surface area contributed by atoms with Crippen molar-refractivity contribution in [3.63, 3.8) is 0 Å². The second-order valence-electron chi connectivity index (χ2n) is 9.66. The first-order valence-electron chi connectivity index (χ1n) is 13.6. The molecule has 0 aliphatic carbocycles. The Morgan fingerprint density at radius 3 is 2.31 bits per heavy atom. The normalized spacial score (nSPS) is 14.9. The molecule has 1 amide bonds. The van der Waals surface area contributed by atoms with E-state index in [-0.39, 0.29) is 5.91 Å². The van der Waals surface area contributed by atoms with Crippen LogP contribution >= 0.6 is 23.4 Å². The number of thioether (sulfide) groups is 1. The lowest BCUT2D eigenvalue weighted by Gasteiger charge is -2.16. The van der Waals surface area contributed by atoms with Crippen molar-refractivity contribution >= 4 is 40.5 Å². The molecule has 5 rings (SSSR count). The maximum Gasteiger partial charge on any atom is 0.267 e. The fourth-order valence-corrected chi connectivity index (χ4v) is 5.75. The number of ether oxygens (including phenoxy) is 2. The molecule has 1 heterocycles. The van der Waals surface area contributed by atoms with Crippen molar-refractivity contribution in [1.82, 2.24) is 4.90 Å². The number of hydrogen-bond donors (Lipinski definition) is 0. The lowest BCUT2D eigenvalue weighted by molar-refractivity contribution is -0.122. The molecule has 0 unspecified atom stereocenters. The molecule has 0 N–H and O–H groups in total. The number of aliphatic imine (C=N–C) groups is 1. The van der Waals surface area contributed by atoms with Crippen LogP contribution in [0, 0.1) is 0 Å². The van der Waals surface area contributed by atoms with E-state index in [1.165, 1.54) is 11.8 Å². The van der Waals surface area contributed by atoms with Crippen LogP contribution in [0.5, 0.6) is 11.5 Å². The van der Waals surface area contributed by atoms with Gasteiger partial charge >= 0.3 is 0 Å². The molecule has 4 aromatic carbocycles. The van der Waals surface area contributed by atoms with Crippen molar-refractivity contribution in [1.29, 1.82) is 0 Å². The summed E-state index contributed by atoms with van der Waals surface area (Å²) in [6.07, 6.45) is 4.28. The van der Waals surface area contributed by atoms with Gasteiger partial charge in [-0.05, 0) is 59.1 Å². The first-order valence-corrected chi connectivity index (χ1v) is 14.8. The Hall–Kier alpha value is -4.26. The van der Waals surface area contributed by atoms with E-state index in [9.17, 15) is 4.79 Å². The van der Waals surface area contributed by atoms with Crippen molar-refractivity contribution in [3.8, 4) is 11.5 Å². The highest BCUT2D eigenvalue weighted by molar-refractivity contribution is 8.18. The van der Waals surface area contributed by atoms with E-state index in [1.807, 2.05) is 109 Å². The van der Waals surface area contributed by atoms with Gasteiger partial charge in [0.1, 0.15) is 6.61 Å².